The Hall–Kier alpha value is -1.88. The minimum atomic E-state index is -0.0771. The second-order valence-corrected chi connectivity index (χ2v) is 3.85. The Morgan fingerprint density at radius 1 is 1.37 bits per heavy atom. The highest BCUT2D eigenvalue weighted by atomic mass is 16.6. The highest BCUT2D eigenvalue weighted by Crippen LogP contribution is 2.02. The Bertz CT molecular complexity index is 402. The van der Waals surface area contributed by atoms with Crippen LogP contribution in [0.2, 0.25) is 0 Å². The van der Waals surface area contributed by atoms with Crippen molar-refractivity contribution in [1.82, 2.24) is 5.32 Å². The molecule has 19 heavy (non-hydrogen) atoms. The van der Waals surface area contributed by atoms with Gasteiger partial charge in [-0.3, -0.25) is 4.79 Å². The number of carbonyl (C=O) groups is 1. The molecule has 0 saturated heterocycles. The van der Waals surface area contributed by atoms with E-state index in [0.717, 1.165) is 12.0 Å². The van der Waals surface area contributed by atoms with Crippen molar-refractivity contribution in [2.24, 2.45) is 5.16 Å². The van der Waals surface area contributed by atoms with Crippen molar-refractivity contribution >= 4 is 12.1 Å². The van der Waals surface area contributed by atoms with Crippen LogP contribution in [0.25, 0.3) is 0 Å². The molecule has 1 amide bonds. The smallest absolute Gasteiger partial charge is 0.251 e. The molecule has 0 aliphatic heterocycles. The molecule has 5 heteroatoms. The number of nitrogens with one attached hydrogen (secondary N) is 1. The van der Waals surface area contributed by atoms with Gasteiger partial charge >= 0.3 is 0 Å². The second-order valence-electron chi connectivity index (χ2n) is 3.85. The molecule has 5 nitrogen and oxygen atoms in total. The van der Waals surface area contributed by atoms with E-state index in [9.17, 15) is 4.79 Å². The first-order valence-corrected chi connectivity index (χ1v) is 6.30. The number of benzene rings is 1. The number of carbonyl (C=O) groups excluding carboxylic acids is 1. The zero-order valence-electron chi connectivity index (χ0n) is 11.4. The molecule has 0 spiro atoms. The van der Waals surface area contributed by atoms with Gasteiger partial charge in [0, 0.05) is 25.3 Å². The Morgan fingerprint density at radius 2 is 2.11 bits per heavy atom. The van der Waals surface area contributed by atoms with E-state index in [0.29, 0.717) is 25.3 Å². The monoisotopic (exact) mass is 264 g/mol. The summed E-state index contributed by atoms with van der Waals surface area (Å²) >= 11 is 0. The molecule has 0 radical (unpaired) electrons. The van der Waals surface area contributed by atoms with Gasteiger partial charge in [0.1, 0.15) is 7.11 Å². The molecule has 0 fully saturated rings. The highest BCUT2D eigenvalue weighted by molar-refractivity contribution is 5.94. The van der Waals surface area contributed by atoms with Gasteiger partial charge in [-0.1, -0.05) is 17.3 Å². The molecule has 1 rings (SSSR count). The van der Waals surface area contributed by atoms with Gasteiger partial charge in [0.15, 0.2) is 0 Å². The number of oxime groups is 1. The van der Waals surface area contributed by atoms with E-state index in [1.54, 1.807) is 18.3 Å². The lowest BCUT2D eigenvalue weighted by molar-refractivity contribution is 0.0944. The van der Waals surface area contributed by atoms with Crippen LogP contribution in [-0.4, -0.2) is 39.0 Å². The molecule has 104 valence electrons. The third-order valence-electron chi connectivity index (χ3n) is 2.44. The van der Waals surface area contributed by atoms with E-state index in [2.05, 4.69) is 15.3 Å². The molecule has 0 saturated carbocycles. The molecule has 0 bridgehead atoms. The van der Waals surface area contributed by atoms with Crippen LogP contribution in [-0.2, 0) is 9.57 Å². The van der Waals surface area contributed by atoms with Crippen molar-refractivity contribution in [1.29, 1.82) is 0 Å². The Morgan fingerprint density at radius 3 is 2.74 bits per heavy atom. The first-order chi connectivity index (χ1) is 9.27. The fraction of sp³-hybridized carbons (Fsp3) is 0.429. The third-order valence-corrected chi connectivity index (χ3v) is 2.44. The molecular formula is C14H20N2O3. The molecule has 0 atom stereocenters. The lowest BCUT2D eigenvalue weighted by Gasteiger charge is -2.05. The maximum atomic E-state index is 11.8. The Labute approximate surface area is 113 Å². The fourth-order valence-corrected chi connectivity index (χ4v) is 1.46. The number of hydrogen-bond donors (Lipinski definition) is 1. The summed E-state index contributed by atoms with van der Waals surface area (Å²) in [7, 11) is 1.49. The predicted octanol–water partition coefficient (Wildman–Crippen LogP) is 1.82. The molecule has 1 aromatic carbocycles. The van der Waals surface area contributed by atoms with Crippen molar-refractivity contribution in [3.8, 4) is 0 Å². The van der Waals surface area contributed by atoms with Gasteiger partial charge in [-0.25, -0.2) is 0 Å². The van der Waals surface area contributed by atoms with E-state index < -0.39 is 0 Å². The third kappa shape index (κ3) is 6.01. The Balaban J connectivity index is 2.38. The fourth-order valence-electron chi connectivity index (χ4n) is 1.46. The van der Waals surface area contributed by atoms with E-state index in [1.807, 2.05) is 19.1 Å². The van der Waals surface area contributed by atoms with Crippen LogP contribution in [0.15, 0.2) is 29.4 Å². The van der Waals surface area contributed by atoms with Crippen LogP contribution >= 0.6 is 0 Å². The van der Waals surface area contributed by atoms with Crippen molar-refractivity contribution in [2.45, 2.75) is 13.3 Å². The van der Waals surface area contributed by atoms with Crippen LogP contribution in [0.3, 0.4) is 0 Å². The summed E-state index contributed by atoms with van der Waals surface area (Å²) in [6.45, 7) is 3.94. The maximum Gasteiger partial charge on any atom is 0.251 e. The van der Waals surface area contributed by atoms with E-state index >= 15 is 0 Å². The summed E-state index contributed by atoms with van der Waals surface area (Å²) in [5.74, 6) is -0.0771. The van der Waals surface area contributed by atoms with Gasteiger partial charge in [0.05, 0.1) is 6.21 Å². The van der Waals surface area contributed by atoms with Gasteiger partial charge in [-0.2, -0.15) is 0 Å². The first kappa shape index (κ1) is 15.2. The highest BCUT2D eigenvalue weighted by Gasteiger charge is 2.03. The summed E-state index contributed by atoms with van der Waals surface area (Å²) in [4.78, 5) is 16.4. The van der Waals surface area contributed by atoms with Crippen LogP contribution in [0.4, 0.5) is 0 Å². The van der Waals surface area contributed by atoms with Crippen LogP contribution in [0.1, 0.15) is 29.3 Å². The van der Waals surface area contributed by atoms with Gasteiger partial charge in [-0.15, -0.1) is 0 Å². The minimum Gasteiger partial charge on any atom is -0.399 e. The van der Waals surface area contributed by atoms with E-state index in [1.165, 1.54) is 7.11 Å². The summed E-state index contributed by atoms with van der Waals surface area (Å²) in [6.07, 6.45) is 2.40. The van der Waals surface area contributed by atoms with Crippen molar-refractivity contribution in [3.63, 3.8) is 0 Å². The zero-order valence-corrected chi connectivity index (χ0v) is 11.4. The minimum absolute atomic E-state index is 0.0771. The number of rotatable bonds is 8. The summed E-state index contributed by atoms with van der Waals surface area (Å²) in [5, 5.41) is 6.50. The number of nitrogens with zero attached hydrogens (tertiary/aromatic N) is 1. The molecule has 1 N–H and O–H groups in total. The first-order valence-electron chi connectivity index (χ1n) is 6.30. The number of hydrogen-bond acceptors (Lipinski definition) is 4. The number of amides is 1. The SMILES string of the molecule is CCOCCCNC(=O)c1ccc(/C=N/OC)cc1. The van der Waals surface area contributed by atoms with Gasteiger partial charge in [-0.05, 0) is 31.0 Å². The normalized spacial score (nSPS) is 10.6. The molecule has 0 unspecified atom stereocenters. The van der Waals surface area contributed by atoms with Gasteiger partial charge in [0.2, 0.25) is 0 Å². The molecule has 0 aromatic heterocycles. The quantitative estimate of drug-likeness (QED) is 0.442. The molecule has 0 aliphatic carbocycles. The average Bonchev–Trinajstić information content (AvgIpc) is 2.45. The van der Waals surface area contributed by atoms with Crippen LogP contribution in [0.5, 0.6) is 0 Å². The van der Waals surface area contributed by atoms with E-state index in [-0.39, 0.29) is 5.91 Å². The lowest BCUT2D eigenvalue weighted by Crippen LogP contribution is -2.25. The Kier molecular flexibility index (Phi) is 7.27. The summed E-state index contributed by atoms with van der Waals surface area (Å²) in [6, 6.07) is 7.15. The van der Waals surface area contributed by atoms with Crippen molar-refractivity contribution in [3.05, 3.63) is 35.4 Å². The van der Waals surface area contributed by atoms with Crippen molar-refractivity contribution in [2.75, 3.05) is 26.9 Å². The number of ether oxygens (including phenoxy) is 1. The molecular weight excluding hydrogens is 244 g/mol. The molecule has 0 aliphatic rings. The standard InChI is InChI=1S/C14H20N2O3/c1-3-19-10-4-9-15-14(17)13-7-5-12(6-8-13)11-16-18-2/h5-8,11H,3-4,9-10H2,1-2H3,(H,15,17)/b16-11+. The largest absolute Gasteiger partial charge is 0.399 e. The van der Waals surface area contributed by atoms with Gasteiger partial charge in [0.25, 0.3) is 5.91 Å². The lowest BCUT2D eigenvalue weighted by atomic mass is 10.1. The zero-order chi connectivity index (χ0) is 13.9. The van der Waals surface area contributed by atoms with E-state index in [4.69, 9.17) is 4.74 Å². The van der Waals surface area contributed by atoms with Crippen LogP contribution < -0.4 is 5.32 Å². The summed E-state index contributed by atoms with van der Waals surface area (Å²) in [5.41, 5.74) is 1.51. The average molecular weight is 264 g/mol. The molecule has 0 heterocycles. The predicted molar refractivity (Wildman–Crippen MR) is 74.5 cm³/mol. The van der Waals surface area contributed by atoms with Crippen molar-refractivity contribution < 1.29 is 14.4 Å². The van der Waals surface area contributed by atoms with Gasteiger partial charge < -0.3 is 14.9 Å². The molecule has 1 aromatic rings. The maximum absolute atomic E-state index is 11.8. The topological polar surface area (TPSA) is 59.9 Å². The summed E-state index contributed by atoms with van der Waals surface area (Å²) < 4.78 is 5.20. The second kappa shape index (κ2) is 9.10. The van der Waals surface area contributed by atoms with Crippen LogP contribution in [0, 0.1) is 0 Å².